The van der Waals surface area contributed by atoms with Crippen LogP contribution in [0.5, 0.6) is 5.75 Å². The van der Waals surface area contributed by atoms with Gasteiger partial charge in [-0.15, -0.1) is 0 Å². The van der Waals surface area contributed by atoms with Crippen LogP contribution in [0.1, 0.15) is 30.0 Å². The van der Waals surface area contributed by atoms with E-state index < -0.39 is 0 Å². The molecule has 2 aromatic heterocycles. The van der Waals surface area contributed by atoms with Crippen molar-refractivity contribution >= 4 is 22.6 Å². The third kappa shape index (κ3) is 2.40. The highest BCUT2D eigenvalue weighted by molar-refractivity contribution is 5.92. The van der Waals surface area contributed by atoms with Gasteiger partial charge in [-0.3, -0.25) is 0 Å². The summed E-state index contributed by atoms with van der Waals surface area (Å²) in [5.74, 6) is 3.57. The van der Waals surface area contributed by atoms with E-state index in [4.69, 9.17) is 14.1 Å². The topological polar surface area (TPSA) is 51.4 Å². The number of aromatic nitrogens is 2. The summed E-state index contributed by atoms with van der Waals surface area (Å²) in [5, 5.41) is 1.06. The molecular formula is C19H21N3O2. The minimum absolute atomic E-state index is 0.713. The van der Waals surface area contributed by atoms with Gasteiger partial charge in [0.2, 0.25) is 5.71 Å². The van der Waals surface area contributed by atoms with Crippen LogP contribution >= 0.6 is 0 Å². The first-order valence-electron chi connectivity index (χ1n) is 8.34. The second-order valence-electron chi connectivity index (χ2n) is 6.24. The van der Waals surface area contributed by atoms with Crippen molar-refractivity contribution in [2.75, 3.05) is 19.1 Å². The van der Waals surface area contributed by atoms with Crippen LogP contribution in [-0.4, -0.2) is 24.1 Å². The molecule has 0 unspecified atom stereocenters. The maximum Gasteiger partial charge on any atom is 0.231 e. The van der Waals surface area contributed by atoms with E-state index in [0.717, 1.165) is 47.1 Å². The first kappa shape index (κ1) is 15.0. The van der Waals surface area contributed by atoms with Crippen molar-refractivity contribution in [1.29, 1.82) is 0 Å². The zero-order valence-corrected chi connectivity index (χ0v) is 14.3. The lowest BCUT2D eigenvalue weighted by atomic mass is 9.96. The van der Waals surface area contributed by atoms with Gasteiger partial charge in [-0.1, -0.05) is 0 Å². The van der Waals surface area contributed by atoms with Gasteiger partial charge < -0.3 is 14.1 Å². The number of rotatable bonds is 3. The smallest absolute Gasteiger partial charge is 0.231 e. The average Bonchev–Trinajstić information content (AvgIpc) is 2.98. The van der Waals surface area contributed by atoms with Gasteiger partial charge in [-0.2, -0.15) is 4.98 Å². The highest BCUT2D eigenvalue weighted by atomic mass is 16.5. The number of fused-ring (bicyclic) bond motifs is 3. The molecule has 2 heterocycles. The van der Waals surface area contributed by atoms with E-state index in [9.17, 15) is 0 Å². The molecule has 3 aromatic rings. The van der Waals surface area contributed by atoms with Gasteiger partial charge in [-0.05, 0) is 50.5 Å². The Hall–Kier alpha value is -2.56. The lowest BCUT2D eigenvalue weighted by Crippen LogP contribution is -2.13. The molecule has 0 amide bonds. The van der Waals surface area contributed by atoms with E-state index >= 15 is 0 Å². The predicted molar refractivity (Wildman–Crippen MR) is 94.2 cm³/mol. The zero-order valence-electron chi connectivity index (χ0n) is 14.3. The number of methoxy groups -OCH3 is 1. The fourth-order valence-electron chi connectivity index (χ4n) is 3.41. The number of hydrogen-bond acceptors (Lipinski definition) is 5. The van der Waals surface area contributed by atoms with Gasteiger partial charge in [0, 0.05) is 24.7 Å². The van der Waals surface area contributed by atoms with Gasteiger partial charge in [-0.25, -0.2) is 4.98 Å². The summed E-state index contributed by atoms with van der Waals surface area (Å²) in [5.41, 5.74) is 3.05. The molecule has 5 nitrogen and oxygen atoms in total. The molecule has 0 fully saturated rings. The van der Waals surface area contributed by atoms with Crippen LogP contribution in [0.15, 0.2) is 28.7 Å². The molecule has 0 saturated carbocycles. The molecule has 4 rings (SSSR count). The monoisotopic (exact) mass is 323 g/mol. The van der Waals surface area contributed by atoms with E-state index in [0.29, 0.717) is 5.71 Å². The number of furan rings is 1. The van der Waals surface area contributed by atoms with Crippen LogP contribution in [0.2, 0.25) is 0 Å². The van der Waals surface area contributed by atoms with Gasteiger partial charge in [0.25, 0.3) is 0 Å². The Kier molecular flexibility index (Phi) is 3.63. The van der Waals surface area contributed by atoms with Crippen LogP contribution in [-0.2, 0) is 12.8 Å². The van der Waals surface area contributed by atoms with Crippen molar-refractivity contribution in [3.63, 3.8) is 0 Å². The Morgan fingerprint density at radius 1 is 1.08 bits per heavy atom. The molecule has 0 radical (unpaired) electrons. The van der Waals surface area contributed by atoms with E-state index in [-0.39, 0.29) is 0 Å². The third-order valence-electron chi connectivity index (χ3n) is 4.68. The molecule has 1 aliphatic carbocycles. The summed E-state index contributed by atoms with van der Waals surface area (Å²) in [7, 11) is 3.71. The Labute approximate surface area is 141 Å². The lowest BCUT2D eigenvalue weighted by molar-refractivity contribution is 0.415. The Bertz CT molecular complexity index is 884. The second kappa shape index (κ2) is 5.82. The van der Waals surface area contributed by atoms with Crippen molar-refractivity contribution < 1.29 is 9.15 Å². The predicted octanol–water partition coefficient (Wildman–Crippen LogP) is 4.19. The van der Waals surface area contributed by atoms with E-state index in [1.165, 1.54) is 18.4 Å². The molecule has 0 spiro atoms. The SMILES string of the molecule is COc1ccc(N(C)c2nc(C)nc3oc4c(c23)CCCC4)cc1. The van der Waals surface area contributed by atoms with Crippen molar-refractivity contribution in [3.8, 4) is 5.75 Å². The molecule has 0 bridgehead atoms. The quantitative estimate of drug-likeness (QED) is 0.723. The van der Waals surface area contributed by atoms with Crippen LogP contribution < -0.4 is 9.64 Å². The molecule has 0 saturated heterocycles. The van der Waals surface area contributed by atoms with E-state index in [1.54, 1.807) is 7.11 Å². The second-order valence-corrected chi connectivity index (χ2v) is 6.24. The Morgan fingerprint density at radius 2 is 1.83 bits per heavy atom. The van der Waals surface area contributed by atoms with Gasteiger partial charge in [0.05, 0.1) is 12.5 Å². The van der Waals surface area contributed by atoms with Crippen LogP contribution in [0.4, 0.5) is 11.5 Å². The lowest BCUT2D eigenvalue weighted by Gasteiger charge is -2.20. The fraction of sp³-hybridized carbons (Fsp3) is 0.368. The minimum atomic E-state index is 0.713. The zero-order chi connectivity index (χ0) is 16.7. The van der Waals surface area contributed by atoms with E-state index in [2.05, 4.69) is 9.88 Å². The maximum atomic E-state index is 6.04. The van der Waals surface area contributed by atoms with Gasteiger partial charge in [0.1, 0.15) is 23.2 Å². The van der Waals surface area contributed by atoms with Crippen molar-refractivity contribution in [2.24, 2.45) is 0 Å². The number of hydrogen-bond donors (Lipinski definition) is 0. The molecule has 124 valence electrons. The Morgan fingerprint density at radius 3 is 2.58 bits per heavy atom. The molecule has 24 heavy (non-hydrogen) atoms. The third-order valence-corrected chi connectivity index (χ3v) is 4.68. The summed E-state index contributed by atoms with van der Waals surface area (Å²) >= 11 is 0. The van der Waals surface area contributed by atoms with Crippen LogP contribution in [0, 0.1) is 6.92 Å². The molecule has 1 aliphatic rings. The number of benzene rings is 1. The summed E-state index contributed by atoms with van der Waals surface area (Å²) in [6.07, 6.45) is 4.42. The Balaban J connectivity index is 1.86. The molecule has 0 N–H and O–H groups in total. The number of aryl methyl sites for hydroxylation is 3. The van der Waals surface area contributed by atoms with Crippen molar-refractivity contribution in [2.45, 2.75) is 32.6 Å². The summed E-state index contributed by atoms with van der Waals surface area (Å²) in [6.45, 7) is 1.91. The normalized spacial score (nSPS) is 13.8. The van der Waals surface area contributed by atoms with Gasteiger partial charge in [0.15, 0.2) is 0 Å². The highest BCUT2D eigenvalue weighted by Crippen LogP contribution is 2.37. The van der Waals surface area contributed by atoms with Crippen LogP contribution in [0.25, 0.3) is 11.1 Å². The molecule has 5 heteroatoms. The standard InChI is InChI=1S/C19H21N3O2/c1-12-20-18(22(2)13-8-10-14(23-3)11-9-13)17-15-6-4-5-7-16(15)24-19(17)21-12/h8-11H,4-7H2,1-3H3. The summed E-state index contributed by atoms with van der Waals surface area (Å²) in [6, 6.07) is 7.99. The van der Waals surface area contributed by atoms with Crippen molar-refractivity contribution in [3.05, 3.63) is 41.4 Å². The minimum Gasteiger partial charge on any atom is -0.497 e. The van der Waals surface area contributed by atoms with Crippen molar-refractivity contribution in [1.82, 2.24) is 9.97 Å². The van der Waals surface area contributed by atoms with E-state index in [1.807, 2.05) is 38.2 Å². The maximum absolute atomic E-state index is 6.04. The number of anilines is 2. The van der Waals surface area contributed by atoms with Gasteiger partial charge >= 0.3 is 0 Å². The molecular weight excluding hydrogens is 302 g/mol. The first-order chi connectivity index (χ1) is 11.7. The first-order valence-corrected chi connectivity index (χ1v) is 8.34. The molecule has 0 atom stereocenters. The molecule has 1 aromatic carbocycles. The highest BCUT2D eigenvalue weighted by Gasteiger charge is 2.24. The summed E-state index contributed by atoms with van der Waals surface area (Å²) in [4.78, 5) is 11.3. The number of ether oxygens (including phenoxy) is 1. The number of nitrogens with zero attached hydrogens (tertiary/aromatic N) is 3. The summed E-state index contributed by atoms with van der Waals surface area (Å²) < 4.78 is 11.3. The average molecular weight is 323 g/mol. The molecule has 0 aliphatic heterocycles. The van der Waals surface area contributed by atoms with Crippen LogP contribution in [0.3, 0.4) is 0 Å². The fourth-order valence-corrected chi connectivity index (χ4v) is 3.41. The largest absolute Gasteiger partial charge is 0.497 e.